The Morgan fingerprint density at radius 2 is 2.35 bits per heavy atom. The van der Waals surface area contributed by atoms with Crippen LogP contribution >= 0.6 is 11.6 Å². The van der Waals surface area contributed by atoms with Crippen molar-refractivity contribution in [2.75, 3.05) is 7.11 Å². The highest BCUT2D eigenvalue weighted by atomic mass is 35.5. The molecule has 20 heavy (non-hydrogen) atoms. The molecule has 1 aromatic heterocycles. The Balaban J connectivity index is 2.00. The number of hydrogen-bond acceptors (Lipinski definition) is 4. The van der Waals surface area contributed by atoms with Gasteiger partial charge < -0.3 is 15.0 Å². The fraction of sp³-hybridized carbons (Fsp3) is 0.286. The second-order valence-corrected chi connectivity index (χ2v) is 4.94. The lowest BCUT2D eigenvalue weighted by atomic mass is 10.2. The molecule has 2 aromatic rings. The second kappa shape index (κ2) is 6.54. The average Bonchev–Trinajstić information content (AvgIpc) is 2.85. The monoisotopic (exact) mass is 293 g/mol. The van der Waals surface area contributed by atoms with Crippen LogP contribution < -0.4 is 5.73 Å². The molecule has 0 aliphatic carbocycles. The molecule has 6 heteroatoms. The van der Waals surface area contributed by atoms with E-state index in [1.165, 1.54) is 7.11 Å². The summed E-state index contributed by atoms with van der Waals surface area (Å²) in [5, 5.41) is 0.704. The fourth-order valence-corrected chi connectivity index (χ4v) is 2.12. The number of carbonyl (C=O) groups excluding carboxylic acids is 1. The third kappa shape index (κ3) is 3.82. The first-order valence-corrected chi connectivity index (χ1v) is 6.55. The number of halogens is 1. The van der Waals surface area contributed by atoms with Crippen molar-refractivity contribution in [3.63, 3.8) is 0 Å². The van der Waals surface area contributed by atoms with E-state index < -0.39 is 12.0 Å². The Hall–Kier alpha value is -1.85. The number of carbonyl (C=O) groups is 1. The van der Waals surface area contributed by atoms with Gasteiger partial charge in [0.2, 0.25) is 0 Å². The fourth-order valence-electron chi connectivity index (χ4n) is 1.90. The molecule has 1 unspecified atom stereocenters. The zero-order valence-corrected chi connectivity index (χ0v) is 11.9. The molecule has 0 aliphatic heterocycles. The van der Waals surface area contributed by atoms with Gasteiger partial charge in [0.15, 0.2) is 0 Å². The molecule has 1 heterocycles. The smallest absolute Gasteiger partial charge is 0.323 e. The summed E-state index contributed by atoms with van der Waals surface area (Å²) >= 11 is 5.94. The molecular formula is C14H16ClN3O2. The Morgan fingerprint density at radius 3 is 3.05 bits per heavy atom. The molecule has 106 valence electrons. The maximum atomic E-state index is 11.3. The van der Waals surface area contributed by atoms with Crippen LogP contribution in [0.25, 0.3) is 0 Å². The third-order valence-electron chi connectivity index (χ3n) is 2.87. The number of methoxy groups -OCH3 is 1. The number of nitrogens with zero attached hydrogens (tertiary/aromatic N) is 2. The van der Waals surface area contributed by atoms with Crippen molar-refractivity contribution in [1.29, 1.82) is 0 Å². The first-order valence-electron chi connectivity index (χ1n) is 6.17. The van der Waals surface area contributed by atoms with Crippen LogP contribution in [0.3, 0.4) is 0 Å². The van der Waals surface area contributed by atoms with Crippen molar-refractivity contribution in [2.24, 2.45) is 5.73 Å². The predicted octanol–water partition coefficient (Wildman–Crippen LogP) is 1.63. The van der Waals surface area contributed by atoms with Crippen LogP contribution in [0.1, 0.15) is 11.3 Å². The van der Waals surface area contributed by atoms with Crippen molar-refractivity contribution < 1.29 is 9.53 Å². The minimum Gasteiger partial charge on any atom is -0.468 e. The third-order valence-corrected chi connectivity index (χ3v) is 3.11. The maximum absolute atomic E-state index is 11.3. The van der Waals surface area contributed by atoms with Crippen LogP contribution in [0.4, 0.5) is 0 Å². The molecule has 0 amide bonds. The minimum atomic E-state index is -0.686. The summed E-state index contributed by atoms with van der Waals surface area (Å²) in [7, 11) is 1.32. The maximum Gasteiger partial charge on any atom is 0.323 e. The van der Waals surface area contributed by atoms with Gasteiger partial charge in [0, 0.05) is 24.2 Å². The minimum absolute atomic E-state index is 0.356. The number of hydrogen-bond donors (Lipinski definition) is 1. The molecule has 0 spiro atoms. The van der Waals surface area contributed by atoms with E-state index in [4.69, 9.17) is 17.3 Å². The molecule has 1 aromatic carbocycles. The van der Waals surface area contributed by atoms with Crippen LogP contribution in [0.5, 0.6) is 0 Å². The summed E-state index contributed by atoms with van der Waals surface area (Å²) in [5.74, 6) is -0.436. The Bertz CT molecular complexity index is 598. The van der Waals surface area contributed by atoms with E-state index in [2.05, 4.69) is 9.72 Å². The predicted molar refractivity (Wildman–Crippen MR) is 76.5 cm³/mol. The number of ether oxygens (including phenoxy) is 1. The molecule has 1 atom stereocenters. The molecule has 2 N–H and O–H groups in total. The van der Waals surface area contributed by atoms with Crippen LogP contribution in [-0.4, -0.2) is 28.7 Å². The van der Waals surface area contributed by atoms with Gasteiger partial charge in [0.25, 0.3) is 0 Å². The first kappa shape index (κ1) is 14.6. The lowest BCUT2D eigenvalue weighted by Gasteiger charge is -2.06. The van der Waals surface area contributed by atoms with E-state index in [1.807, 2.05) is 35.0 Å². The molecule has 0 aliphatic rings. The van der Waals surface area contributed by atoms with Gasteiger partial charge in [-0.3, -0.25) is 4.79 Å². The molecule has 0 saturated carbocycles. The molecule has 0 radical (unpaired) electrons. The van der Waals surface area contributed by atoms with Gasteiger partial charge in [-0.25, -0.2) is 4.98 Å². The Morgan fingerprint density at radius 1 is 1.55 bits per heavy atom. The van der Waals surface area contributed by atoms with Gasteiger partial charge in [0.1, 0.15) is 6.04 Å². The molecular weight excluding hydrogens is 278 g/mol. The highest BCUT2D eigenvalue weighted by molar-refractivity contribution is 6.30. The highest BCUT2D eigenvalue weighted by Crippen LogP contribution is 2.12. The molecule has 0 saturated heterocycles. The van der Waals surface area contributed by atoms with Crippen LogP contribution in [0, 0.1) is 0 Å². The number of aromatic nitrogens is 2. The molecule has 2 rings (SSSR count). The number of imidazole rings is 1. The van der Waals surface area contributed by atoms with Crippen LogP contribution in [-0.2, 0) is 22.5 Å². The van der Waals surface area contributed by atoms with Gasteiger partial charge in [-0.1, -0.05) is 23.7 Å². The first-order chi connectivity index (χ1) is 9.58. The van der Waals surface area contributed by atoms with E-state index in [9.17, 15) is 4.79 Å². The Labute approximate surface area is 122 Å². The summed E-state index contributed by atoms with van der Waals surface area (Å²) in [6.45, 7) is 0.668. The molecule has 0 fully saturated rings. The molecule has 5 nitrogen and oxygen atoms in total. The topological polar surface area (TPSA) is 70.1 Å². The van der Waals surface area contributed by atoms with Crippen molar-refractivity contribution in [3.8, 4) is 0 Å². The lowest BCUT2D eigenvalue weighted by molar-refractivity contribution is -0.142. The summed E-state index contributed by atoms with van der Waals surface area (Å²) in [6.07, 6.45) is 3.93. The number of benzene rings is 1. The van der Waals surface area contributed by atoms with Gasteiger partial charge in [0.05, 0.1) is 19.1 Å². The summed E-state index contributed by atoms with van der Waals surface area (Å²) in [6, 6.07) is 6.95. The van der Waals surface area contributed by atoms with Crippen LogP contribution in [0.2, 0.25) is 5.02 Å². The highest BCUT2D eigenvalue weighted by Gasteiger charge is 2.15. The Kier molecular flexibility index (Phi) is 4.76. The van der Waals surface area contributed by atoms with Gasteiger partial charge in [-0.2, -0.15) is 0 Å². The van der Waals surface area contributed by atoms with Crippen LogP contribution in [0.15, 0.2) is 36.8 Å². The molecule has 0 bridgehead atoms. The average molecular weight is 294 g/mol. The summed E-state index contributed by atoms with van der Waals surface area (Å²) in [4.78, 5) is 15.5. The standard InChI is InChI=1S/C14H16ClN3O2/c1-20-14(19)13(16)6-12-8-18(9-17-12)7-10-3-2-4-11(15)5-10/h2-5,8-9,13H,6-7,16H2,1H3. The van der Waals surface area contributed by atoms with Gasteiger partial charge in [-0.05, 0) is 17.7 Å². The number of esters is 1. The van der Waals surface area contributed by atoms with Crippen molar-refractivity contribution in [2.45, 2.75) is 19.0 Å². The van der Waals surface area contributed by atoms with Crippen molar-refractivity contribution in [3.05, 3.63) is 53.1 Å². The normalized spacial score (nSPS) is 12.2. The number of nitrogens with two attached hydrogens (primary N) is 1. The van der Waals surface area contributed by atoms with E-state index in [0.717, 1.165) is 11.3 Å². The SMILES string of the molecule is COC(=O)C(N)Cc1cn(Cc2cccc(Cl)c2)cn1. The van der Waals surface area contributed by atoms with E-state index in [1.54, 1.807) is 6.33 Å². The van der Waals surface area contributed by atoms with E-state index >= 15 is 0 Å². The lowest BCUT2D eigenvalue weighted by Crippen LogP contribution is -2.33. The van der Waals surface area contributed by atoms with E-state index in [-0.39, 0.29) is 0 Å². The second-order valence-electron chi connectivity index (χ2n) is 4.50. The van der Waals surface area contributed by atoms with E-state index in [0.29, 0.717) is 18.0 Å². The van der Waals surface area contributed by atoms with Crippen molar-refractivity contribution in [1.82, 2.24) is 9.55 Å². The summed E-state index contributed by atoms with van der Waals surface area (Å²) < 4.78 is 6.51. The largest absolute Gasteiger partial charge is 0.468 e. The number of rotatable bonds is 5. The van der Waals surface area contributed by atoms with Crippen molar-refractivity contribution >= 4 is 17.6 Å². The zero-order chi connectivity index (χ0) is 14.5. The van der Waals surface area contributed by atoms with Gasteiger partial charge >= 0.3 is 5.97 Å². The quantitative estimate of drug-likeness (QED) is 0.851. The van der Waals surface area contributed by atoms with Gasteiger partial charge in [-0.15, -0.1) is 0 Å². The summed E-state index contributed by atoms with van der Waals surface area (Å²) in [5.41, 5.74) is 7.54. The zero-order valence-electron chi connectivity index (χ0n) is 11.1.